The fraction of sp³-hybridized carbons (Fsp3) is 0.696. The molecule has 1 aromatic carbocycles. The number of carbonyl (C=O) groups excluding carboxylic acids is 1. The van der Waals surface area contributed by atoms with Crippen LogP contribution >= 0.6 is 0 Å². The predicted molar refractivity (Wildman–Crippen MR) is 112 cm³/mol. The summed E-state index contributed by atoms with van der Waals surface area (Å²) in [5.74, 6) is 1.60. The van der Waals surface area contributed by atoms with Crippen molar-refractivity contribution in [2.24, 2.45) is 17.3 Å². The van der Waals surface area contributed by atoms with Crippen LogP contribution in [0, 0.1) is 17.3 Å². The van der Waals surface area contributed by atoms with Crippen molar-refractivity contribution in [1.82, 2.24) is 0 Å². The molecule has 5 nitrogen and oxygen atoms in total. The molecule has 3 saturated carbocycles. The number of methoxy groups -OCH3 is 1. The first-order valence-corrected chi connectivity index (χ1v) is 10.8. The van der Waals surface area contributed by atoms with Crippen LogP contribution in [0.25, 0.3) is 0 Å². The zero-order valence-electron chi connectivity index (χ0n) is 18.5. The summed E-state index contributed by atoms with van der Waals surface area (Å²) in [7, 11) is 1.41. The van der Waals surface area contributed by atoms with Gasteiger partial charge in [-0.2, -0.15) is 0 Å². The van der Waals surface area contributed by atoms with Crippen molar-refractivity contribution in [2.45, 2.75) is 78.0 Å². The van der Waals surface area contributed by atoms with Gasteiger partial charge in [0.05, 0.1) is 19.3 Å². The molecule has 4 atom stereocenters. The van der Waals surface area contributed by atoms with Crippen LogP contribution in [-0.4, -0.2) is 38.0 Å². The van der Waals surface area contributed by atoms with E-state index in [4.69, 9.17) is 18.8 Å². The Labute approximate surface area is 174 Å². The maximum absolute atomic E-state index is 12.6. The quantitative estimate of drug-likeness (QED) is 0.537. The van der Waals surface area contributed by atoms with Crippen molar-refractivity contribution in [3.63, 3.8) is 0 Å². The largest absolute Gasteiger partial charge is 0.496 e. The Balaban J connectivity index is 1.42. The highest BCUT2D eigenvalue weighted by Crippen LogP contribution is 2.61. The van der Waals surface area contributed by atoms with Gasteiger partial charge in [0.1, 0.15) is 16.9 Å². The van der Waals surface area contributed by atoms with E-state index in [1.165, 1.54) is 6.42 Å². The summed E-state index contributed by atoms with van der Waals surface area (Å²) in [6.45, 7) is 10.3. The highest BCUT2D eigenvalue weighted by atomic mass is 16.7. The van der Waals surface area contributed by atoms with Gasteiger partial charge in [0.2, 0.25) is 0 Å². The van der Waals surface area contributed by atoms with Crippen LogP contribution in [0.1, 0.15) is 63.4 Å². The van der Waals surface area contributed by atoms with E-state index < -0.39 is 5.60 Å². The fourth-order valence-corrected chi connectivity index (χ4v) is 5.33. The van der Waals surface area contributed by atoms with Gasteiger partial charge in [-0.1, -0.05) is 26.0 Å². The van der Waals surface area contributed by atoms with Crippen molar-refractivity contribution in [2.75, 3.05) is 7.11 Å². The highest BCUT2D eigenvalue weighted by molar-refractivity contribution is 6.45. The zero-order valence-corrected chi connectivity index (χ0v) is 18.5. The first-order valence-electron chi connectivity index (χ1n) is 10.8. The van der Waals surface area contributed by atoms with E-state index in [2.05, 4.69) is 13.8 Å². The molecule has 5 rings (SSSR count). The summed E-state index contributed by atoms with van der Waals surface area (Å²) < 4.78 is 23.7. The molecule has 4 fully saturated rings. The lowest BCUT2D eigenvalue weighted by molar-refractivity contribution is -0.150. The number of benzene rings is 1. The van der Waals surface area contributed by atoms with E-state index in [9.17, 15) is 4.79 Å². The number of para-hydroxylation sites is 1. The Morgan fingerprint density at radius 2 is 2.00 bits per heavy atom. The molecule has 1 saturated heterocycles. The van der Waals surface area contributed by atoms with Gasteiger partial charge in [0, 0.05) is 0 Å². The third-order valence-corrected chi connectivity index (χ3v) is 7.03. The van der Waals surface area contributed by atoms with Crippen molar-refractivity contribution in [3.05, 3.63) is 29.3 Å². The molecule has 0 N–H and O–H groups in total. The van der Waals surface area contributed by atoms with Crippen LogP contribution in [-0.2, 0) is 20.5 Å². The molecule has 4 unspecified atom stereocenters. The van der Waals surface area contributed by atoms with E-state index >= 15 is 0 Å². The summed E-state index contributed by atoms with van der Waals surface area (Å²) in [4.78, 5) is 12.6. The van der Waals surface area contributed by atoms with E-state index in [1.807, 2.05) is 32.9 Å². The van der Waals surface area contributed by atoms with Crippen LogP contribution in [0.2, 0.25) is 6.32 Å². The molecule has 0 radical (unpaired) electrons. The number of ether oxygens (including phenoxy) is 2. The van der Waals surface area contributed by atoms with Crippen LogP contribution in [0.3, 0.4) is 0 Å². The van der Waals surface area contributed by atoms with E-state index in [-0.39, 0.29) is 25.3 Å². The number of aryl methyl sites for hydroxylation is 1. The molecule has 2 bridgehead atoms. The molecule has 3 aliphatic carbocycles. The van der Waals surface area contributed by atoms with E-state index in [0.717, 1.165) is 30.6 Å². The first kappa shape index (κ1) is 20.7. The van der Waals surface area contributed by atoms with E-state index in [1.54, 1.807) is 13.2 Å². The van der Waals surface area contributed by atoms with Crippen LogP contribution in [0.15, 0.2) is 18.2 Å². The third kappa shape index (κ3) is 3.82. The average molecular weight is 400 g/mol. The second-order valence-electron chi connectivity index (χ2n) is 10.3. The minimum absolute atomic E-state index is 0.185. The summed E-state index contributed by atoms with van der Waals surface area (Å²) in [5.41, 5.74) is 1.27. The van der Waals surface area contributed by atoms with Gasteiger partial charge in [-0.3, -0.25) is 0 Å². The molecule has 1 aliphatic heterocycles. The second-order valence-corrected chi connectivity index (χ2v) is 10.3. The summed E-state index contributed by atoms with van der Waals surface area (Å²) in [5, 5.41) is 0. The summed E-state index contributed by atoms with van der Waals surface area (Å²) >= 11 is 0. The maximum atomic E-state index is 12.6. The van der Waals surface area contributed by atoms with Crippen LogP contribution in [0.5, 0.6) is 5.75 Å². The van der Waals surface area contributed by atoms with Gasteiger partial charge in [-0.25, -0.2) is 4.79 Å². The van der Waals surface area contributed by atoms with Crippen LogP contribution in [0.4, 0.5) is 0 Å². The fourth-order valence-electron chi connectivity index (χ4n) is 5.33. The molecule has 158 valence electrons. The SMILES string of the molecule is COc1c(CCB2OC3CC4CC(C3O2)C4(C)C)cccc1C(=O)OC(C)(C)C. The smallest absolute Gasteiger partial charge is 0.457 e. The van der Waals surface area contributed by atoms with Gasteiger partial charge < -0.3 is 18.8 Å². The molecule has 0 amide bonds. The van der Waals surface area contributed by atoms with Crippen molar-refractivity contribution < 1.29 is 23.6 Å². The minimum atomic E-state index is -0.547. The molecule has 0 spiro atoms. The van der Waals surface area contributed by atoms with Gasteiger partial charge in [-0.05, 0) is 75.2 Å². The summed E-state index contributed by atoms with van der Waals surface area (Å²) in [6.07, 6.45) is 4.33. The minimum Gasteiger partial charge on any atom is -0.496 e. The molecule has 0 aromatic heterocycles. The second kappa shape index (κ2) is 7.31. The molecule has 1 aromatic rings. The average Bonchev–Trinajstić information content (AvgIpc) is 3.07. The standard InChI is InChI=1S/C23H33BO5/c1-22(2,3)27-21(25)16-9-7-8-14(19(16)26-6)10-11-24-28-18-13-15-12-17(20(18)29-24)23(15,4)5/h7-9,15,17-18,20H,10-13H2,1-6H3. The van der Waals surface area contributed by atoms with Gasteiger partial charge in [0.25, 0.3) is 0 Å². The molecule has 6 heteroatoms. The lowest BCUT2D eigenvalue weighted by Crippen LogP contribution is -2.59. The maximum Gasteiger partial charge on any atom is 0.457 e. The number of hydrogen-bond donors (Lipinski definition) is 0. The number of esters is 1. The molecular formula is C23H33BO5. The lowest BCUT2D eigenvalue weighted by atomic mass is 9.47. The third-order valence-electron chi connectivity index (χ3n) is 7.03. The number of hydrogen-bond acceptors (Lipinski definition) is 5. The molecule has 4 aliphatic rings. The highest BCUT2D eigenvalue weighted by Gasteiger charge is 2.61. The zero-order chi connectivity index (χ0) is 21.0. The van der Waals surface area contributed by atoms with E-state index in [0.29, 0.717) is 22.6 Å². The van der Waals surface area contributed by atoms with Crippen molar-refractivity contribution in [1.29, 1.82) is 0 Å². The molecule has 29 heavy (non-hydrogen) atoms. The summed E-state index contributed by atoms with van der Waals surface area (Å²) in [6, 6.07) is 5.63. The monoisotopic (exact) mass is 400 g/mol. The van der Waals surface area contributed by atoms with Gasteiger partial charge in [0.15, 0.2) is 0 Å². The van der Waals surface area contributed by atoms with Crippen LogP contribution < -0.4 is 4.74 Å². The number of carbonyl (C=O) groups is 1. The van der Waals surface area contributed by atoms with Gasteiger partial charge in [-0.15, -0.1) is 0 Å². The van der Waals surface area contributed by atoms with Gasteiger partial charge >= 0.3 is 13.1 Å². The Kier molecular flexibility index (Phi) is 5.23. The first-order chi connectivity index (χ1) is 13.6. The molecule has 1 heterocycles. The van der Waals surface area contributed by atoms with Crippen molar-refractivity contribution >= 4 is 13.1 Å². The Hall–Kier alpha value is -1.53. The predicted octanol–water partition coefficient (Wildman–Crippen LogP) is 4.53. The normalized spacial score (nSPS) is 29.8. The lowest BCUT2D eigenvalue weighted by Gasteiger charge is -2.60. The Bertz CT molecular complexity index is 784. The Morgan fingerprint density at radius 3 is 2.66 bits per heavy atom. The number of rotatable bonds is 5. The molecular weight excluding hydrogens is 367 g/mol. The van der Waals surface area contributed by atoms with Crippen molar-refractivity contribution in [3.8, 4) is 5.75 Å². The Morgan fingerprint density at radius 1 is 1.24 bits per heavy atom. The topological polar surface area (TPSA) is 54.0 Å².